The summed E-state index contributed by atoms with van der Waals surface area (Å²) in [6.07, 6.45) is 12.3. The highest BCUT2D eigenvalue weighted by Gasteiger charge is 2.21. The first-order chi connectivity index (χ1) is 30.7. The monoisotopic (exact) mass is 794 g/mol. The lowest BCUT2D eigenvalue weighted by molar-refractivity contribution is 0.714. The number of fused-ring (bicyclic) bond motifs is 2. The van der Waals surface area contributed by atoms with E-state index in [0.717, 1.165) is 85.0 Å². The van der Waals surface area contributed by atoms with Gasteiger partial charge in [0.1, 0.15) is 0 Å². The van der Waals surface area contributed by atoms with Gasteiger partial charge in [-0.05, 0) is 151 Å². The van der Waals surface area contributed by atoms with E-state index >= 15 is 0 Å². The van der Waals surface area contributed by atoms with E-state index in [1.807, 2.05) is 85.5 Å². The largest absolute Gasteiger partial charge is 0.283 e. The van der Waals surface area contributed by atoms with Crippen molar-refractivity contribution in [2.75, 3.05) is 0 Å². The van der Waals surface area contributed by atoms with Crippen LogP contribution in [-0.2, 0) is 0 Å². The van der Waals surface area contributed by atoms with Crippen LogP contribution in [0.1, 0.15) is 18.2 Å². The second-order valence-corrected chi connectivity index (χ2v) is 15.4. The molecule has 0 spiro atoms. The molecule has 0 radical (unpaired) electrons. The number of benzene rings is 5. The topological polar surface area (TPSA) is 76.8 Å². The molecule has 0 bridgehead atoms. The van der Waals surface area contributed by atoms with E-state index in [0.29, 0.717) is 0 Å². The van der Waals surface area contributed by atoms with Gasteiger partial charge in [-0.1, -0.05) is 109 Å². The molecule has 0 saturated heterocycles. The van der Waals surface area contributed by atoms with Crippen LogP contribution in [0, 0.1) is 0 Å². The predicted octanol–water partition coefficient (Wildman–Crippen LogP) is 13.7. The van der Waals surface area contributed by atoms with Gasteiger partial charge in [-0.15, -0.1) is 0 Å². The maximum absolute atomic E-state index is 5.13. The fourth-order valence-electron chi connectivity index (χ4n) is 8.62. The Morgan fingerprint density at radius 2 is 0.823 bits per heavy atom. The Kier molecular flexibility index (Phi) is 9.56. The fraction of sp³-hybridized carbons (Fsp3) is 0.0357. The molecule has 1 aliphatic rings. The maximum atomic E-state index is 5.13. The molecule has 6 heteroatoms. The average molecular weight is 795 g/mol. The zero-order chi connectivity index (χ0) is 41.2. The third kappa shape index (κ3) is 7.03. The molecule has 11 rings (SSSR count). The quantitative estimate of drug-likeness (QED) is 0.143. The highest BCUT2D eigenvalue weighted by Crippen LogP contribution is 2.46. The zero-order valence-electron chi connectivity index (χ0n) is 33.7. The van der Waals surface area contributed by atoms with E-state index in [1.165, 1.54) is 27.3 Å². The molecule has 1 aliphatic heterocycles. The van der Waals surface area contributed by atoms with Crippen LogP contribution >= 0.6 is 0 Å². The van der Waals surface area contributed by atoms with E-state index in [1.54, 1.807) is 0 Å². The first-order valence-electron chi connectivity index (χ1n) is 20.9. The summed E-state index contributed by atoms with van der Waals surface area (Å²) in [4.78, 5) is 29.1. The van der Waals surface area contributed by atoms with E-state index in [-0.39, 0.29) is 6.04 Å². The van der Waals surface area contributed by atoms with Crippen LogP contribution < -0.4 is 0 Å². The maximum Gasteiger partial charge on any atom is 0.0954 e. The molecular formula is C56H38N6. The van der Waals surface area contributed by atoms with Gasteiger partial charge >= 0.3 is 0 Å². The molecule has 0 aliphatic carbocycles. The summed E-state index contributed by atoms with van der Waals surface area (Å²) in [5.74, 6) is 0. The van der Waals surface area contributed by atoms with Crippen molar-refractivity contribution in [2.45, 2.75) is 12.5 Å². The van der Waals surface area contributed by atoms with Crippen molar-refractivity contribution in [2.24, 2.45) is 4.99 Å². The third-order valence-corrected chi connectivity index (χ3v) is 11.5. The van der Waals surface area contributed by atoms with Gasteiger partial charge < -0.3 is 0 Å². The zero-order valence-corrected chi connectivity index (χ0v) is 33.7. The van der Waals surface area contributed by atoms with E-state index in [9.17, 15) is 0 Å². The Bertz CT molecular complexity index is 3240. The lowest BCUT2D eigenvalue weighted by Crippen LogP contribution is -2.03. The fourth-order valence-corrected chi connectivity index (χ4v) is 8.62. The minimum absolute atomic E-state index is 0.0639. The number of hydrogen-bond donors (Lipinski definition) is 0. The summed E-state index contributed by atoms with van der Waals surface area (Å²) in [5.41, 5.74) is 14.7. The van der Waals surface area contributed by atoms with Crippen molar-refractivity contribution in [3.63, 3.8) is 0 Å². The van der Waals surface area contributed by atoms with Gasteiger partial charge in [0.2, 0.25) is 0 Å². The minimum atomic E-state index is -0.0639. The molecule has 10 aromatic rings. The highest BCUT2D eigenvalue weighted by molar-refractivity contribution is 6.22. The second kappa shape index (κ2) is 16.1. The van der Waals surface area contributed by atoms with E-state index in [2.05, 4.69) is 137 Å². The first kappa shape index (κ1) is 36.8. The Morgan fingerprint density at radius 3 is 1.27 bits per heavy atom. The van der Waals surface area contributed by atoms with Crippen LogP contribution in [-0.4, -0.2) is 31.1 Å². The smallest absolute Gasteiger partial charge is 0.0954 e. The SMILES string of the molecule is C1=CCC(c2cc(-c3ccc4c(-c5ccccc5)c5cc(-c6cc(-c7ccccn7)nc(-c7ccccn7)c6)ccc5c(-c5ccccc5)c4c3)cc(-c3ccccn3)n2)N=C1. The number of aliphatic imine (C=N–C) groups is 1. The predicted molar refractivity (Wildman–Crippen MR) is 253 cm³/mol. The van der Waals surface area contributed by atoms with Crippen LogP contribution in [0.25, 0.3) is 100 Å². The summed E-state index contributed by atoms with van der Waals surface area (Å²) in [6.45, 7) is 0. The number of nitrogens with zero attached hydrogens (tertiary/aromatic N) is 6. The molecule has 0 fully saturated rings. The van der Waals surface area contributed by atoms with Crippen molar-refractivity contribution in [3.8, 4) is 78.7 Å². The standard InChI is InChI=1S/C56H38N6/c1-3-15-37(16-4-1)55-43-25-23-40(42-35-53(49-21-9-13-29-59-49)62-54(36-42)50-22-10-14-30-60-50)32-46(43)56(38-17-5-2-6-18-38)44-26-24-39(31-45(44)55)41-33-51(47-19-7-11-27-57-47)61-52(34-41)48-20-8-12-28-58-48/h1-21,23-36,50H,22H2. The van der Waals surface area contributed by atoms with Gasteiger partial charge in [-0.3, -0.25) is 19.9 Å². The van der Waals surface area contributed by atoms with Gasteiger partial charge in [-0.2, -0.15) is 0 Å². The van der Waals surface area contributed by atoms with Crippen LogP contribution in [0.5, 0.6) is 0 Å². The Balaban J connectivity index is 1.17. The molecule has 6 nitrogen and oxygen atoms in total. The van der Waals surface area contributed by atoms with Gasteiger partial charge in [0.25, 0.3) is 0 Å². The number of pyridine rings is 5. The summed E-state index contributed by atoms with van der Waals surface area (Å²) in [6, 6.07) is 61.7. The molecule has 5 aromatic heterocycles. The van der Waals surface area contributed by atoms with Crippen LogP contribution in [0.3, 0.4) is 0 Å². The van der Waals surface area contributed by atoms with Gasteiger partial charge in [0, 0.05) is 24.8 Å². The normalized spacial score (nSPS) is 13.5. The van der Waals surface area contributed by atoms with E-state index < -0.39 is 0 Å². The summed E-state index contributed by atoms with van der Waals surface area (Å²) >= 11 is 0. The molecule has 1 unspecified atom stereocenters. The second-order valence-electron chi connectivity index (χ2n) is 15.4. The third-order valence-electron chi connectivity index (χ3n) is 11.5. The molecule has 1 atom stereocenters. The number of rotatable bonds is 8. The Hall–Kier alpha value is -8.22. The average Bonchev–Trinajstić information content (AvgIpc) is 3.36. The van der Waals surface area contributed by atoms with Crippen molar-refractivity contribution in [3.05, 3.63) is 212 Å². The van der Waals surface area contributed by atoms with Gasteiger partial charge in [0.05, 0.1) is 45.9 Å². The summed E-state index contributed by atoms with van der Waals surface area (Å²) < 4.78 is 0. The van der Waals surface area contributed by atoms with Crippen LogP contribution in [0.15, 0.2) is 212 Å². The molecular weight excluding hydrogens is 757 g/mol. The molecule has 0 amide bonds. The summed E-state index contributed by atoms with van der Waals surface area (Å²) in [7, 11) is 0. The molecule has 0 saturated carbocycles. The number of hydrogen-bond acceptors (Lipinski definition) is 6. The van der Waals surface area contributed by atoms with Crippen molar-refractivity contribution in [1.82, 2.24) is 24.9 Å². The lowest BCUT2D eigenvalue weighted by atomic mass is 9.83. The number of allylic oxidation sites excluding steroid dienone is 1. The van der Waals surface area contributed by atoms with Crippen molar-refractivity contribution < 1.29 is 0 Å². The first-order valence-corrected chi connectivity index (χ1v) is 20.9. The van der Waals surface area contributed by atoms with Crippen molar-refractivity contribution >= 4 is 27.8 Å². The number of aromatic nitrogens is 5. The Morgan fingerprint density at radius 1 is 0.355 bits per heavy atom. The van der Waals surface area contributed by atoms with Crippen LogP contribution in [0.2, 0.25) is 0 Å². The molecule has 292 valence electrons. The summed E-state index contributed by atoms with van der Waals surface area (Å²) in [5, 5.41) is 4.67. The van der Waals surface area contributed by atoms with Crippen LogP contribution in [0.4, 0.5) is 0 Å². The number of dihydropyridines is 1. The Labute approximate surface area is 359 Å². The van der Waals surface area contributed by atoms with Gasteiger partial charge in [-0.25, -0.2) is 9.97 Å². The molecule has 5 aromatic carbocycles. The molecule has 62 heavy (non-hydrogen) atoms. The minimum Gasteiger partial charge on any atom is -0.283 e. The van der Waals surface area contributed by atoms with E-state index in [4.69, 9.17) is 19.9 Å². The molecule has 6 heterocycles. The lowest BCUT2D eigenvalue weighted by Gasteiger charge is -2.20. The molecule has 0 N–H and O–H groups in total. The van der Waals surface area contributed by atoms with Crippen molar-refractivity contribution in [1.29, 1.82) is 0 Å². The van der Waals surface area contributed by atoms with Gasteiger partial charge in [0.15, 0.2) is 0 Å². The highest BCUT2D eigenvalue weighted by atomic mass is 14.9.